The van der Waals surface area contributed by atoms with Gasteiger partial charge < -0.3 is 5.32 Å². The van der Waals surface area contributed by atoms with Crippen molar-refractivity contribution in [3.63, 3.8) is 0 Å². The maximum Gasteiger partial charge on any atom is 0.265 e. The largest absolute Gasteiger partial charge is 0.321 e. The summed E-state index contributed by atoms with van der Waals surface area (Å²) < 4.78 is 13.3. The van der Waals surface area contributed by atoms with Crippen molar-refractivity contribution in [1.82, 2.24) is 0 Å². The van der Waals surface area contributed by atoms with Crippen LogP contribution in [0, 0.1) is 5.82 Å². The van der Waals surface area contributed by atoms with E-state index in [9.17, 15) is 9.18 Å². The van der Waals surface area contributed by atoms with E-state index in [1.165, 1.54) is 34.6 Å². The average molecular weight is 387 g/mol. The molecular formula is C24H18FNOS. The molecule has 4 rings (SSSR count). The van der Waals surface area contributed by atoms with E-state index in [0.717, 1.165) is 16.9 Å². The maximum absolute atomic E-state index is 13.3. The fourth-order valence-corrected chi connectivity index (χ4v) is 3.94. The fourth-order valence-electron chi connectivity index (χ4n) is 3.04. The van der Waals surface area contributed by atoms with Crippen molar-refractivity contribution in [2.75, 3.05) is 5.32 Å². The third-order valence-electron chi connectivity index (χ3n) is 4.37. The van der Waals surface area contributed by atoms with Gasteiger partial charge in [0.25, 0.3) is 5.91 Å². The number of anilines is 1. The Kier molecular flexibility index (Phi) is 5.31. The first-order chi connectivity index (χ1) is 13.7. The highest BCUT2D eigenvalue weighted by Crippen LogP contribution is 2.29. The van der Waals surface area contributed by atoms with E-state index in [1.807, 2.05) is 30.3 Å². The number of carbonyl (C=O) groups is 1. The molecule has 2 nitrogen and oxygen atoms in total. The predicted molar refractivity (Wildman–Crippen MR) is 113 cm³/mol. The topological polar surface area (TPSA) is 29.1 Å². The highest BCUT2D eigenvalue weighted by Gasteiger charge is 2.11. The molecule has 1 aromatic heterocycles. The third kappa shape index (κ3) is 4.35. The predicted octanol–water partition coefficient (Wildman–Crippen LogP) is 6.40. The summed E-state index contributed by atoms with van der Waals surface area (Å²) in [6.45, 7) is 0. The minimum atomic E-state index is -0.375. The van der Waals surface area contributed by atoms with Gasteiger partial charge in [-0.15, -0.1) is 11.3 Å². The second-order valence-electron chi connectivity index (χ2n) is 6.49. The van der Waals surface area contributed by atoms with Gasteiger partial charge in [-0.2, -0.15) is 0 Å². The number of amides is 1. The first kappa shape index (κ1) is 18.1. The number of rotatable bonds is 5. The molecule has 138 valence electrons. The van der Waals surface area contributed by atoms with E-state index < -0.39 is 0 Å². The molecule has 1 heterocycles. The normalized spacial score (nSPS) is 10.6. The zero-order valence-electron chi connectivity index (χ0n) is 15.1. The number of hydrogen-bond acceptors (Lipinski definition) is 2. The van der Waals surface area contributed by atoms with Crippen molar-refractivity contribution in [2.24, 2.45) is 0 Å². The van der Waals surface area contributed by atoms with Crippen molar-refractivity contribution < 1.29 is 9.18 Å². The monoisotopic (exact) mass is 387 g/mol. The Balaban J connectivity index is 1.51. The number of halogens is 1. The molecule has 0 saturated heterocycles. The molecule has 0 bridgehead atoms. The number of thiophene rings is 1. The van der Waals surface area contributed by atoms with Crippen LogP contribution >= 0.6 is 11.3 Å². The van der Waals surface area contributed by atoms with Gasteiger partial charge in [0.1, 0.15) is 5.82 Å². The van der Waals surface area contributed by atoms with Crippen molar-refractivity contribution >= 4 is 22.9 Å². The molecule has 0 saturated carbocycles. The van der Waals surface area contributed by atoms with Crippen LogP contribution in [0.25, 0.3) is 10.4 Å². The molecule has 4 heteroatoms. The molecule has 0 radical (unpaired) electrons. The van der Waals surface area contributed by atoms with Crippen LogP contribution in [0.1, 0.15) is 20.8 Å². The maximum atomic E-state index is 13.3. The summed E-state index contributed by atoms with van der Waals surface area (Å²) in [5, 5.41) is 2.74. The summed E-state index contributed by atoms with van der Waals surface area (Å²) in [7, 11) is 0. The molecule has 1 N–H and O–H groups in total. The fraction of sp³-hybridized carbons (Fsp3) is 0.0417. The second kappa shape index (κ2) is 8.19. The van der Waals surface area contributed by atoms with Crippen LogP contribution in [0.15, 0.2) is 91.0 Å². The summed E-state index contributed by atoms with van der Waals surface area (Å²) in [6, 6.07) is 28.4. The first-order valence-electron chi connectivity index (χ1n) is 8.97. The lowest BCUT2D eigenvalue weighted by Crippen LogP contribution is -2.09. The van der Waals surface area contributed by atoms with Gasteiger partial charge in [0, 0.05) is 10.6 Å². The van der Waals surface area contributed by atoms with Crippen molar-refractivity contribution in [1.29, 1.82) is 0 Å². The minimum Gasteiger partial charge on any atom is -0.321 e. The Bertz CT molecular complexity index is 1100. The van der Waals surface area contributed by atoms with Gasteiger partial charge in [-0.3, -0.25) is 4.79 Å². The molecule has 0 aliphatic rings. The van der Waals surface area contributed by atoms with E-state index in [2.05, 4.69) is 35.6 Å². The highest BCUT2D eigenvalue weighted by atomic mass is 32.1. The molecule has 0 spiro atoms. The van der Waals surface area contributed by atoms with E-state index in [0.29, 0.717) is 10.6 Å². The molecule has 0 aliphatic carbocycles. The third-order valence-corrected chi connectivity index (χ3v) is 5.51. The molecule has 0 aliphatic heterocycles. The van der Waals surface area contributed by atoms with Crippen LogP contribution in [0.5, 0.6) is 0 Å². The van der Waals surface area contributed by atoms with Crippen molar-refractivity contribution in [2.45, 2.75) is 6.42 Å². The molecule has 1 amide bonds. The molecule has 4 aromatic rings. The van der Waals surface area contributed by atoms with Gasteiger partial charge in [0.05, 0.1) is 4.88 Å². The van der Waals surface area contributed by atoms with Crippen LogP contribution in [-0.4, -0.2) is 5.91 Å². The van der Waals surface area contributed by atoms with Gasteiger partial charge in [-0.05, 0) is 53.4 Å². The van der Waals surface area contributed by atoms with E-state index in [4.69, 9.17) is 0 Å². The smallest absolute Gasteiger partial charge is 0.265 e. The van der Waals surface area contributed by atoms with Crippen LogP contribution in [0.2, 0.25) is 0 Å². The quantitative estimate of drug-likeness (QED) is 0.422. The SMILES string of the molecule is O=C(Nc1cccc(F)c1)c1ccc(-c2cccc(Cc3ccccc3)c2)s1. The standard InChI is InChI=1S/C24H18FNOS/c25-20-10-5-11-21(16-20)26-24(27)23-13-12-22(28-23)19-9-4-8-18(15-19)14-17-6-2-1-3-7-17/h1-13,15-16H,14H2,(H,26,27). The van der Waals surface area contributed by atoms with E-state index >= 15 is 0 Å². The Labute approximate surface area is 167 Å². The van der Waals surface area contributed by atoms with E-state index in [-0.39, 0.29) is 11.7 Å². The summed E-state index contributed by atoms with van der Waals surface area (Å²) in [5.74, 6) is -0.609. The molecular weight excluding hydrogens is 369 g/mol. The first-order valence-corrected chi connectivity index (χ1v) is 9.79. The molecule has 0 atom stereocenters. The van der Waals surface area contributed by atoms with Crippen LogP contribution in [-0.2, 0) is 6.42 Å². The number of hydrogen-bond donors (Lipinski definition) is 1. The lowest BCUT2D eigenvalue weighted by Gasteiger charge is -2.05. The van der Waals surface area contributed by atoms with Gasteiger partial charge in [-0.1, -0.05) is 60.7 Å². The molecule has 0 fully saturated rings. The number of carbonyl (C=O) groups excluding carboxylic acids is 1. The summed E-state index contributed by atoms with van der Waals surface area (Å²) in [6.07, 6.45) is 0.868. The number of nitrogens with one attached hydrogen (secondary N) is 1. The molecule has 3 aromatic carbocycles. The Morgan fingerprint density at radius 3 is 2.43 bits per heavy atom. The van der Waals surface area contributed by atoms with Gasteiger partial charge in [0.2, 0.25) is 0 Å². The van der Waals surface area contributed by atoms with Crippen LogP contribution < -0.4 is 5.32 Å². The number of benzene rings is 3. The highest BCUT2D eigenvalue weighted by molar-refractivity contribution is 7.17. The van der Waals surface area contributed by atoms with Crippen LogP contribution in [0.3, 0.4) is 0 Å². The Morgan fingerprint density at radius 1 is 0.821 bits per heavy atom. The van der Waals surface area contributed by atoms with Gasteiger partial charge in [0.15, 0.2) is 0 Å². The van der Waals surface area contributed by atoms with Gasteiger partial charge >= 0.3 is 0 Å². The molecule has 28 heavy (non-hydrogen) atoms. The lowest BCUT2D eigenvalue weighted by molar-refractivity contribution is 0.103. The average Bonchev–Trinajstić information content (AvgIpc) is 3.20. The second-order valence-corrected chi connectivity index (χ2v) is 7.57. The van der Waals surface area contributed by atoms with Gasteiger partial charge in [-0.25, -0.2) is 4.39 Å². The lowest BCUT2D eigenvalue weighted by atomic mass is 10.0. The van der Waals surface area contributed by atoms with Crippen molar-refractivity contribution in [3.05, 3.63) is 113 Å². The molecule has 0 unspecified atom stereocenters. The zero-order valence-corrected chi connectivity index (χ0v) is 15.9. The Hall–Kier alpha value is -3.24. The zero-order chi connectivity index (χ0) is 19.3. The van der Waals surface area contributed by atoms with Crippen molar-refractivity contribution in [3.8, 4) is 10.4 Å². The van der Waals surface area contributed by atoms with E-state index in [1.54, 1.807) is 18.2 Å². The minimum absolute atomic E-state index is 0.234. The Morgan fingerprint density at radius 2 is 1.61 bits per heavy atom. The van der Waals surface area contributed by atoms with Crippen LogP contribution in [0.4, 0.5) is 10.1 Å². The summed E-state index contributed by atoms with van der Waals surface area (Å²) in [4.78, 5) is 14.1. The summed E-state index contributed by atoms with van der Waals surface area (Å²) in [5.41, 5.74) is 4.02. The summed E-state index contributed by atoms with van der Waals surface area (Å²) >= 11 is 1.43.